The molecule has 0 aromatic carbocycles. The third kappa shape index (κ3) is 3.65. The van der Waals surface area contributed by atoms with Crippen LogP contribution in [-0.4, -0.2) is 42.7 Å². The smallest absolute Gasteiger partial charge is 0.341 e. The van der Waals surface area contributed by atoms with E-state index in [4.69, 9.17) is 0 Å². The van der Waals surface area contributed by atoms with Gasteiger partial charge in [0.15, 0.2) is 0 Å². The van der Waals surface area contributed by atoms with Crippen molar-refractivity contribution in [1.82, 2.24) is 10.2 Å². The number of nitrogens with zero attached hydrogens (tertiary/aromatic N) is 1. The predicted octanol–water partition coefficient (Wildman–Crippen LogP) is 2.57. The van der Waals surface area contributed by atoms with Crippen LogP contribution >= 0.6 is 0 Å². The van der Waals surface area contributed by atoms with E-state index >= 15 is 0 Å². The fourth-order valence-corrected chi connectivity index (χ4v) is 3.22. The van der Waals surface area contributed by atoms with Crippen molar-refractivity contribution in [2.45, 2.75) is 51.2 Å². The molecule has 2 rings (SSSR count). The molecule has 0 saturated carbocycles. The summed E-state index contributed by atoms with van der Waals surface area (Å²) in [5, 5.41) is 3.16. The van der Waals surface area contributed by atoms with Crippen molar-refractivity contribution in [3.05, 3.63) is 0 Å². The number of carbonyl (C=O) groups is 1. The maximum atomic E-state index is 12.8. The van der Waals surface area contributed by atoms with E-state index in [2.05, 4.69) is 12.2 Å². The van der Waals surface area contributed by atoms with E-state index in [1.807, 2.05) is 0 Å². The summed E-state index contributed by atoms with van der Waals surface area (Å²) in [6.45, 7) is 3.17. The first-order chi connectivity index (χ1) is 9.41. The molecule has 1 N–H and O–H groups in total. The van der Waals surface area contributed by atoms with Crippen LogP contribution in [0, 0.1) is 11.8 Å². The van der Waals surface area contributed by atoms with Crippen molar-refractivity contribution in [3.8, 4) is 0 Å². The van der Waals surface area contributed by atoms with Gasteiger partial charge < -0.3 is 10.2 Å². The van der Waals surface area contributed by atoms with Crippen LogP contribution in [0.1, 0.15) is 39.0 Å². The number of alkyl halides is 3. The van der Waals surface area contributed by atoms with Gasteiger partial charge in [0, 0.05) is 13.1 Å². The Morgan fingerprint density at radius 1 is 1.35 bits per heavy atom. The Labute approximate surface area is 117 Å². The molecule has 0 spiro atoms. The minimum Gasteiger partial charge on any atom is -0.341 e. The zero-order valence-electron chi connectivity index (χ0n) is 11.9. The highest BCUT2D eigenvalue weighted by Crippen LogP contribution is 2.33. The molecule has 3 nitrogen and oxygen atoms in total. The molecule has 3 atom stereocenters. The van der Waals surface area contributed by atoms with Crippen molar-refractivity contribution < 1.29 is 18.0 Å². The van der Waals surface area contributed by atoms with Gasteiger partial charge in [0.25, 0.3) is 0 Å². The minimum atomic E-state index is -4.19. The summed E-state index contributed by atoms with van der Waals surface area (Å²) in [5.41, 5.74) is 0. The van der Waals surface area contributed by atoms with Crippen molar-refractivity contribution in [2.75, 3.05) is 19.6 Å². The van der Waals surface area contributed by atoms with Gasteiger partial charge >= 0.3 is 6.18 Å². The standard InChI is InChI=1S/C14H23F3N2O/c1-2-10-5-6-18-12(8-10)13(20)19-7-3-4-11(9-19)14(15,16)17/h10-12,18H,2-9H2,1H3. The van der Waals surface area contributed by atoms with Gasteiger partial charge in [-0.15, -0.1) is 0 Å². The summed E-state index contributed by atoms with van der Waals surface area (Å²) in [4.78, 5) is 13.8. The largest absolute Gasteiger partial charge is 0.393 e. The molecule has 2 aliphatic rings. The van der Waals surface area contributed by atoms with Crippen LogP contribution in [0.25, 0.3) is 0 Å². The van der Waals surface area contributed by atoms with Crippen LogP contribution < -0.4 is 5.32 Å². The molecule has 6 heteroatoms. The Bertz CT molecular complexity index is 346. The van der Waals surface area contributed by atoms with Gasteiger partial charge in [-0.2, -0.15) is 13.2 Å². The van der Waals surface area contributed by atoms with E-state index in [-0.39, 0.29) is 24.9 Å². The second-order valence-corrected chi connectivity index (χ2v) is 5.97. The van der Waals surface area contributed by atoms with Gasteiger partial charge in [0.1, 0.15) is 0 Å². The Hall–Kier alpha value is -0.780. The van der Waals surface area contributed by atoms with Gasteiger partial charge in [-0.25, -0.2) is 0 Å². The van der Waals surface area contributed by atoms with E-state index in [0.717, 1.165) is 25.8 Å². The molecule has 0 aromatic heterocycles. The first kappa shape index (κ1) is 15.6. The van der Waals surface area contributed by atoms with Gasteiger partial charge in [-0.1, -0.05) is 13.3 Å². The van der Waals surface area contributed by atoms with Crippen LogP contribution in [0.4, 0.5) is 13.2 Å². The summed E-state index contributed by atoms with van der Waals surface area (Å²) >= 11 is 0. The molecule has 0 aromatic rings. The summed E-state index contributed by atoms with van der Waals surface area (Å²) in [6.07, 6.45) is -0.779. The molecule has 116 valence electrons. The molecular weight excluding hydrogens is 269 g/mol. The van der Waals surface area contributed by atoms with Crippen LogP contribution in [-0.2, 0) is 4.79 Å². The summed E-state index contributed by atoms with van der Waals surface area (Å²) in [6, 6.07) is -0.291. The highest BCUT2D eigenvalue weighted by atomic mass is 19.4. The van der Waals surface area contributed by atoms with Crippen molar-refractivity contribution in [1.29, 1.82) is 0 Å². The molecule has 2 heterocycles. The number of rotatable bonds is 2. The summed E-state index contributed by atoms with van der Waals surface area (Å²) < 4.78 is 38.3. The van der Waals surface area contributed by atoms with Crippen LogP contribution in [0.5, 0.6) is 0 Å². The molecule has 20 heavy (non-hydrogen) atoms. The van der Waals surface area contributed by atoms with E-state index in [0.29, 0.717) is 18.9 Å². The van der Waals surface area contributed by atoms with Crippen LogP contribution in [0.2, 0.25) is 0 Å². The fourth-order valence-electron chi connectivity index (χ4n) is 3.22. The predicted molar refractivity (Wildman–Crippen MR) is 70.2 cm³/mol. The van der Waals surface area contributed by atoms with Gasteiger partial charge in [-0.05, 0) is 38.1 Å². The third-order valence-electron chi connectivity index (χ3n) is 4.58. The molecule has 0 aliphatic carbocycles. The molecule has 0 radical (unpaired) electrons. The highest BCUT2D eigenvalue weighted by molar-refractivity contribution is 5.82. The zero-order chi connectivity index (χ0) is 14.8. The highest BCUT2D eigenvalue weighted by Gasteiger charge is 2.43. The monoisotopic (exact) mass is 292 g/mol. The zero-order valence-corrected chi connectivity index (χ0v) is 11.9. The van der Waals surface area contributed by atoms with Gasteiger partial charge in [0.2, 0.25) is 5.91 Å². The van der Waals surface area contributed by atoms with Gasteiger partial charge in [-0.3, -0.25) is 4.79 Å². The molecule has 3 unspecified atom stereocenters. The third-order valence-corrected chi connectivity index (χ3v) is 4.58. The molecular formula is C14H23F3N2O. The first-order valence-electron chi connectivity index (χ1n) is 7.50. The molecule has 1 amide bonds. The van der Waals surface area contributed by atoms with Gasteiger partial charge in [0.05, 0.1) is 12.0 Å². The Morgan fingerprint density at radius 3 is 2.75 bits per heavy atom. The number of hydrogen-bond donors (Lipinski definition) is 1. The lowest BCUT2D eigenvalue weighted by Crippen LogP contribution is -2.53. The SMILES string of the molecule is CCC1CCNC(C(=O)N2CCCC(C(F)(F)F)C2)C1. The number of halogens is 3. The second kappa shape index (κ2) is 6.33. The van der Waals surface area contributed by atoms with E-state index in [9.17, 15) is 18.0 Å². The topological polar surface area (TPSA) is 32.3 Å². The van der Waals surface area contributed by atoms with Crippen molar-refractivity contribution in [2.24, 2.45) is 11.8 Å². The lowest BCUT2D eigenvalue weighted by molar-refractivity contribution is -0.188. The molecule has 0 bridgehead atoms. The lowest BCUT2D eigenvalue weighted by Gasteiger charge is -2.38. The van der Waals surface area contributed by atoms with E-state index < -0.39 is 12.1 Å². The number of nitrogens with one attached hydrogen (secondary N) is 1. The Kier molecular flexibility index (Phi) is 4.94. The fraction of sp³-hybridized carbons (Fsp3) is 0.929. The van der Waals surface area contributed by atoms with E-state index in [1.54, 1.807) is 0 Å². The summed E-state index contributed by atoms with van der Waals surface area (Å²) in [5.74, 6) is -0.990. The van der Waals surface area contributed by atoms with E-state index in [1.165, 1.54) is 4.90 Å². The van der Waals surface area contributed by atoms with Crippen molar-refractivity contribution >= 4 is 5.91 Å². The lowest BCUT2D eigenvalue weighted by atomic mass is 9.89. The minimum absolute atomic E-state index is 0.142. The molecule has 2 fully saturated rings. The maximum Gasteiger partial charge on any atom is 0.393 e. The van der Waals surface area contributed by atoms with Crippen LogP contribution in [0.15, 0.2) is 0 Å². The molecule has 2 saturated heterocycles. The maximum absolute atomic E-state index is 12.8. The second-order valence-electron chi connectivity index (χ2n) is 5.97. The molecule has 2 aliphatic heterocycles. The summed E-state index contributed by atoms with van der Waals surface area (Å²) in [7, 11) is 0. The van der Waals surface area contributed by atoms with Crippen LogP contribution in [0.3, 0.4) is 0 Å². The Morgan fingerprint density at radius 2 is 2.10 bits per heavy atom. The average Bonchev–Trinajstić information content (AvgIpc) is 2.46. The number of hydrogen-bond acceptors (Lipinski definition) is 2. The Balaban J connectivity index is 1.94. The van der Waals surface area contributed by atoms with Crippen molar-refractivity contribution in [3.63, 3.8) is 0 Å². The first-order valence-corrected chi connectivity index (χ1v) is 7.50. The number of piperidine rings is 2. The number of carbonyl (C=O) groups excluding carboxylic acids is 1. The normalized spacial score (nSPS) is 32.2. The number of likely N-dealkylation sites (tertiary alicyclic amines) is 1. The number of amides is 1. The quantitative estimate of drug-likeness (QED) is 0.848. The average molecular weight is 292 g/mol.